The molecule has 2 aliphatic rings. The van der Waals surface area contributed by atoms with E-state index in [2.05, 4.69) is 35.2 Å². The summed E-state index contributed by atoms with van der Waals surface area (Å²) in [7, 11) is 1.78. The van der Waals surface area contributed by atoms with Gasteiger partial charge in [0.2, 0.25) is 0 Å². The Balaban J connectivity index is 1.40. The molecule has 0 aliphatic carbocycles. The Morgan fingerprint density at radius 1 is 0.979 bits per heavy atom. The monoisotopic (exact) mass is 678 g/mol. The van der Waals surface area contributed by atoms with Crippen LogP contribution in [0.25, 0.3) is 11.8 Å². The fourth-order valence-corrected chi connectivity index (χ4v) is 8.07. The van der Waals surface area contributed by atoms with Gasteiger partial charge in [0.1, 0.15) is 23.1 Å². The van der Waals surface area contributed by atoms with E-state index in [-0.39, 0.29) is 26.7 Å². The number of carbonyl (C=O) groups is 1. The molecule has 0 radical (unpaired) electrons. The minimum absolute atomic E-state index is 0.0672. The first-order valence-electron chi connectivity index (χ1n) is 16.2. The van der Waals surface area contributed by atoms with Gasteiger partial charge in [0, 0.05) is 32.2 Å². The SMILES string of the molecule is CCCn1c(N2CCC(Cc3ccccc3)CC2)c(C=C2SC(=S)N(c3c(C)n(C)n(-c4ccccc4)c3=O)C2=O)c(C)c(C#N)c1=O. The number of rotatable bonds is 8. The van der Waals surface area contributed by atoms with E-state index in [9.17, 15) is 19.6 Å². The van der Waals surface area contributed by atoms with Gasteiger partial charge in [-0.1, -0.05) is 79.4 Å². The van der Waals surface area contributed by atoms with Crippen LogP contribution >= 0.6 is 24.0 Å². The van der Waals surface area contributed by atoms with Gasteiger partial charge in [-0.25, -0.2) is 4.68 Å². The molecule has 1 amide bonds. The van der Waals surface area contributed by atoms with Crippen molar-refractivity contribution in [1.29, 1.82) is 5.26 Å². The van der Waals surface area contributed by atoms with Gasteiger partial charge in [0.15, 0.2) is 4.32 Å². The number of para-hydroxylation sites is 1. The molecule has 4 heterocycles. The fraction of sp³-hybridized carbons (Fsp3) is 0.324. The van der Waals surface area contributed by atoms with E-state index in [4.69, 9.17) is 12.2 Å². The summed E-state index contributed by atoms with van der Waals surface area (Å²) in [6, 6.07) is 21.9. The Morgan fingerprint density at radius 3 is 2.25 bits per heavy atom. The number of thioether (sulfide) groups is 1. The van der Waals surface area contributed by atoms with Crippen molar-refractivity contribution in [2.45, 2.75) is 53.0 Å². The number of hydrogen-bond acceptors (Lipinski definition) is 7. The first-order valence-corrected chi connectivity index (χ1v) is 17.5. The van der Waals surface area contributed by atoms with Gasteiger partial charge in [-0.05, 0) is 74.8 Å². The molecule has 6 rings (SSSR count). The Morgan fingerprint density at radius 2 is 1.62 bits per heavy atom. The van der Waals surface area contributed by atoms with Gasteiger partial charge in [0.05, 0.1) is 16.3 Å². The average molecular weight is 679 g/mol. The molecule has 2 saturated heterocycles. The molecule has 0 N–H and O–H groups in total. The number of hydrogen-bond donors (Lipinski definition) is 0. The van der Waals surface area contributed by atoms with E-state index in [1.165, 1.54) is 15.1 Å². The summed E-state index contributed by atoms with van der Waals surface area (Å²) in [5, 5.41) is 10.1. The molecular formula is C37H38N6O3S2. The molecule has 0 atom stereocenters. The largest absolute Gasteiger partial charge is 0.357 e. The summed E-state index contributed by atoms with van der Waals surface area (Å²) >= 11 is 6.85. The van der Waals surface area contributed by atoms with Crippen LogP contribution in [-0.4, -0.2) is 37.2 Å². The highest BCUT2D eigenvalue weighted by atomic mass is 32.2. The number of carbonyl (C=O) groups excluding carboxylic acids is 1. The normalized spacial score (nSPS) is 16.3. The second-order valence-corrected chi connectivity index (χ2v) is 14.0. The van der Waals surface area contributed by atoms with Crippen molar-refractivity contribution in [2.24, 2.45) is 13.0 Å². The van der Waals surface area contributed by atoms with Crippen LogP contribution in [0.1, 0.15) is 54.1 Å². The van der Waals surface area contributed by atoms with Crippen molar-refractivity contribution >= 4 is 51.8 Å². The Kier molecular flexibility index (Phi) is 9.58. The summed E-state index contributed by atoms with van der Waals surface area (Å²) in [5.41, 5.74) is 3.39. The Bertz CT molecular complexity index is 2080. The third kappa shape index (κ3) is 5.95. The maximum absolute atomic E-state index is 14.2. The maximum Gasteiger partial charge on any atom is 0.296 e. The highest BCUT2D eigenvalue weighted by Crippen LogP contribution is 2.39. The summed E-state index contributed by atoms with van der Waals surface area (Å²) < 4.78 is 5.20. The van der Waals surface area contributed by atoms with Crippen LogP contribution < -0.4 is 20.9 Å². The molecule has 4 aromatic rings. The molecular weight excluding hydrogens is 641 g/mol. The van der Waals surface area contributed by atoms with Crippen LogP contribution in [-0.2, 0) is 24.8 Å². The van der Waals surface area contributed by atoms with E-state index >= 15 is 0 Å². The number of amides is 1. The van der Waals surface area contributed by atoms with Crippen molar-refractivity contribution in [3.63, 3.8) is 0 Å². The third-order valence-corrected chi connectivity index (χ3v) is 10.7. The molecule has 0 unspecified atom stereocenters. The molecule has 0 bridgehead atoms. The maximum atomic E-state index is 14.2. The number of nitriles is 1. The van der Waals surface area contributed by atoms with Gasteiger partial charge in [-0.2, -0.15) is 5.26 Å². The lowest BCUT2D eigenvalue weighted by atomic mass is 9.90. The van der Waals surface area contributed by atoms with Crippen LogP contribution in [0.3, 0.4) is 0 Å². The summed E-state index contributed by atoms with van der Waals surface area (Å²) in [6.45, 7) is 7.50. The molecule has 2 fully saturated rings. The van der Waals surface area contributed by atoms with Crippen molar-refractivity contribution in [1.82, 2.24) is 13.9 Å². The Labute approximate surface area is 289 Å². The number of benzene rings is 2. The second-order valence-electron chi connectivity index (χ2n) is 12.4. The zero-order valence-corrected chi connectivity index (χ0v) is 29.2. The molecule has 2 aliphatic heterocycles. The Hall–Kier alpha value is -4.66. The van der Waals surface area contributed by atoms with Crippen LogP contribution in [0.4, 0.5) is 11.5 Å². The van der Waals surface area contributed by atoms with E-state index in [1.54, 1.807) is 36.2 Å². The minimum Gasteiger partial charge on any atom is -0.357 e. The molecule has 0 spiro atoms. The van der Waals surface area contributed by atoms with Gasteiger partial charge >= 0.3 is 0 Å². The van der Waals surface area contributed by atoms with Crippen molar-refractivity contribution in [2.75, 3.05) is 22.9 Å². The number of pyridine rings is 1. The average Bonchev–Trinajstić information content (AvgIpc) is 3.48. The zero-order valence-electron chi connectivity index (χ0n) is 27.6. The number of aromatic nitrogens is 3. The molecule has 48 heavy (non-hydrogen) atoms. The van der Waals surface area contributed by atoms with Crippen LogP contribution in [0.15, 0.2) is 75.2 Å². The number of nitrogens with zero attached hydrogens (tertiary/aromatic N) is 6. The van der Waals surface area contributed by atoms with E-state index in [1.807, 2.05) is 43.3 Å². The van der Waals surface area contributed by atoms with Gasteiger partial charge in [0.25, 0.3) is 17.0 Å². The molecule has 11 heteroatoms. The van der Waals surface area contributed by atoms with Crippen molar-refractivity contribution in [3.05, 3.63) is 114 Å². The van der Waals surface area contributed by atoms with Crippen LogP contribution in [0.2, 0.25) is 0 Å². The third-order valence-electron chi connectivity index (χ3n) is 9.39. The molecule has 0 saturated carbocycles. The van der Waals surface area contributed by atoms with E-state index < -0.39 is 5.91 Å². The highest BCUT2D eigenvalue weighted by molar-refractivity contribution is 8.27. The fourth-order valence-electron chi connectivity index (χ4n) is 6.82. The van der Waals surface area contributed by atoms with Crippen molar-refractivity contribution in [3.8, 4) is 11.8 Å². The van der Waals surface area contributed by atoms with Crippen LogP contribution in [0.5, 0.6) is 0 Å². The topological polar surface area (TPSA) is 96.3 Å². The van der Waals surface area contributed by atoms with Gasteiger partial charge in [-0.15, -0.1) is 0 Å². The first kappa shape index (κ1) is 33.2. The predicted molar refractivity (Wildman–Crippen MR) is 197 cm³/mol. The lowest BCUT2D eigenvalue weighted by molar-refractivity contribution is -0.113. The summed E-state index contributed by atoms with van der Waals surface area (Å²) in [5.74, 6) is 0.835. The number of anilines is 2. The number of piperidine rings is 1. The first-order chi connectivity index (χ1) is 23.2. The smallest absolute Gasteiger partial charge is 0.296 e. The standard InChI is InChI=1S/C37H38N6O3S2/c1-5-18-41-33(40-19-16-27(17-20-40)21-26-12-8-6-9-13-26)29(24(2)30(23-38)34(41)44)22-31-35(45)42(37(47)48-31)32-25(3)39(4)43(36(32)46)28-14-10-7-11-15-28/h6-15,22,27H,5,16-21H2,1-4H3. The van der Waals surface area contributed by atoms with E-state index in [0.29, 0.717) is 46.3 Å². The quantitative estimate of drug-likeness (QED) is 0.164. The summed E-state index contributed by atoms with van der Waals surface area (Å²) in [4.78, 5) is 45.6. The van der Waals surface area contributed by atoms with Crippen LogP contribution in [0, 0.1) is 31.1 Å². The van der Waals surface area contributed by atoms with Gasteiger partial charge in [-0.3, -0.25) is 28.5 Å². The zero-order chi connectivity index (χ0) is 34.1. The van der Waals surface area contributed by atoms with Crippen molar-refractivity contribution < 1.29 is 4.79 Å². The van der Waals surface area contributed by atoms with E-state index in [0.717, 1.165) is 49.9 Å². The predicted octanol–water partition coefficient (Wildman–Crippen LogP) is 6.10. The molecule has 246 valence electrons. The van der Waals surface area contributed by atoms with Gasteiger partial charge < -0.3 is 4.90 Å². The summed E-state index contributed by atoms with van der Waals surface area (Å²) in [6.07, 6.45) is 5.38. The molecule has 9 nitrogen and oxygen atoms in total. The lowest BCUT2D eigenvalue weighted by Gasteiger charge is -2.36. The molecule has 2 aromatic heterocycles. The lowest BCUT2D eigenvalue weighted by Crippen LogP contribution is -2.40. The molecule has 2 aromatic carbocycles. The number of thiocarbonyl (C=S) groups is 1. The highest BCUT2D eigenvalue weighted by Gasteiger charge is 2.38. The second kappa shape index (κ2) is 13.8. The minimum atomic E-state index is -0.408.